The first-order valence-electron chi connectivity index (χ1n) is 7.58. The van der Waals surface area contributed by atoms with E-state index >= 15 is 0 Å². The fourth-order valence-corrected chi connectivity index (χ4v) is 3.52. The van der Waals surface area contributed by atoms with E-state index in [9.17, 15) is 9.59 Å². The number of amides is 1. The molecule has 2 atom stereocenters. The van der Waals surface area contributed by atoms with E-state index in [2.05, 4.69) is 12.2 Å². The third kappa shape index (κ3) is 3.71. The molecule has 2 N–H and O–H groups in total. The van der Waals surface area contributed by atoms with E-state index in [0.29, 0.717) is 11.8 Å². The van der Waals surface area contributed by atoms with E-state index in [1.54, 1.807) is 0 Å². The molecule has 0 aromatic rings. The average molecular weight is 267 g/mol. The summed E-state index contributed by atoms with van der Waals surface area (Å²) in [5, 5.41) is 12.0. The summed E-state index contributed by atoms with van der Waals surface area (Å²) in [5.74, 6) is 0.573. The van der Waals surface area contributed by atoms with Crippen LogP contribution in [0.25, 0.3) is 0 Å². The molecule has 2 aliphatic rings. The molecule has 4 heteroatoms. The van der Waals surface area contributed by atoms with Crippen LogP contribution in [0.3, 0.4) is 0 Å². The van der Waals surface area contributed by atoms with Crippen molar-refractivity contribution in [2.45, 2.75) is 51.9 Å². The first-order chi connectivity index (χ1) is 9.08. The highest BCUT2D eigenvalue weighted by atomic mass is 16.4. The molecule has 108 valence electrons. The molecule has 0 radical (unpaired) electrons. The van der Waals surface area contributed by atoms with Gasteiger partial charge in [0.25, 0.3) is 0 Å². The Balaban J connectivity index is 1.69. The zero-order valence-electron chi connectivity index (χ0n) is 11.7. The zero-order chi connectivity index (χ0) is 13.8. The van der Waals surface area contributed by atoms with Gasteiger partial charge in [-0.25, -0.2) is 0 Å². The van der Waals surface area contributed by atoms with Crippen LogP contribution in [0.2, 0.25) is 0 Å². The molecule has 1 amide bonds. The summed E-state index contributed by atoms with van der Waals surface area (Å²) in [5.41, 5.74) is 0. The Bertz CT molecular complexity index is 334. The highest BCUT2D eigenvalue weighted by molar-refractivity contribution is 5.79. The second-order valence-corrected chi connectivity index (χ2v) is 6.32. The highest BCUT2D eigenvalue weighted by Crippen LogP contribution is 2.32. The predicted octanol–water partition coefficient (Wildman–Crippen LogP) is 2.43. The minimum absolute atomic E-state index is 0.165. The van der Waals surface area contributed by atoms with Crippen LogP contribution in [0.15, 0.2) is 0 Å². The van der Waals surface area contributed by atoms with Crippen molar-refractivity contribution < 1.29 is 14.7 Å². The van der Waals surface area contributed by atoms with Crippen molar-refractivity contribution in [1.29, 1.82) is 0 Å². The molecule has 0 aliphatic heterocycles. The number of carboxylic acids is 1. The molecule has 0 heterocycles. The summed E-state index contributed by atoms with van der Waals surface area (Å²) in [6.07, 6.45) is 6.74. The van der Waals surface area contributed by atoms with Crippen molar-refractivity contribution in [2.75, 3.05) is 6.54 Å². The van der Waals surface area contributed by atoms with Gasteiger partial charge in [-0.05, 0) is 50.4 Å². The molecule has 2 fully saturated rings. The summed E-state index contributed by atoms with van der Waals surface area (Å²) >= 11 is 0. The predicted molar refractivity (Wildman–Crippen MR) is 72.6 cm³/mol. The molecule has 0 spiro atoms. The van der Waals surface area contributed by atoms with Gasteiger partial charge in [-0.2, -0.15) is 0 Å². The minimum Gasteiger partial charge on any atom is -0.481 e. The van der Waals surface area contributed by atoms with E-state index < -0.39 is 5.97 Å². The topological polar surface area (TPSA) is 66.4 Å². The molecule has 0 bridgehead atoms. The Morgan fingerprint density at radius 2 is 1.79 bits per heavy atom. The number of nitrogens with one attached hydrogen (secondary N) is 1. The largest absolute Gasteiger partial charge is 0.481 e. The third-order valence-corrected chi connectivity index (χ3v) is 4.96. The van der Waals surface area contributed by atoms with Gasteiger partial charge in [0.05, 0.1) is 5.92 Å². The number of hydrogen-bond acceptors (Lipinski definition) is 2. The monoisotopic (exact) mass is 267 g/mol. The van der Waals surface area contributed by atoms with Gasteiger partial charge in [0, 0.05) is 12.5 Å². The first-order valence-corrected chi connectivity index (χ1v) is 7.58. The van der Waals surface area contributed by atoms with Crippen LogP contribution in [-0.4, -0.2) is 23.5 Å². The number of hydrogen-bond donors (Lipinski definition) is 2. The Morgan fingerprint density at radius 3 is 2.32 bits per heavy atom. The quantitative estimate of drug-likeness (QED) is 0.822. The van der Waals surface area contributed by atoms with Gasteiger partial charge in [0.2, 0.25) is 5.91 Å². The van der Waals surface area contributed by atoms with Crippen LogP contribution in [0, 0.1) is 23.7 Å². The number of rotatable bonds is 4. The van der Waals surface area contributed by atoms with Crippen molar-refractivity contribution in [1.82, 2.24) is 5.32 Å². The zero-order valence-corrected chi connectivity index (χ0v) is 11.7. The molecular formula is C15H25NO3. The number of aliphatic carboxylic acids is 1. The van der Waals surface area contributed by atoms with Crippen LogP contribution >= 0.6 is 0 Å². The molecule has 2 saturated carbocycles. The molecule has 0 aromatic heterocycles. The average Bonchev–Trinajstić information content (AvgIpc) is 2.83. The molecule has 2 rings (SSSR count). The minimum atomic E-state index is -0.665. The first kappa shape index (κ1) is 14.4. The summed E-state index contributed by atoms with van der Waals surface area (Å²) in [7, 11) is 0. The molecule has 4 nitrogen and oxygen atoms in total. The molecule has 19 heavy (non-hydrogen) atoms. The smallest absolute Gasteiger partial charge is 0.306 e. The van der Waals surface area contributed by atoms with Crippen LogP contribution in [0.1, 0.15) is 51.9 Å². The van der Waals surface area contributed by atoms with Crippen LogP contribution < -0.4 is 5.32 Å². The third-order valence-electron chi connectivity index (χ3n) is 4.96. The van der Waals surface area contributed by atoms with Crippen LogP contribution in [0.4, 0.5) is 0 Å². The van der Waals surface area contributed by atoms with Gasteiger partial charge >= 0.3 is 5.97 Å². The van der Waals surface area contributed by atoms with Gasteiger partial charge in [-0.15, -0.1) is 0 Å². The van der Waals surface area contributed by atoms with Crippen molar-refractivity contribution >= 4 is 11.9 Å². The Labute approximate surface area is 115 Å². The van der Waals surface area contributed by atoms with Crippen LogP contribution in [-0.2, 0) is 9.59 Å². The van der Waals surface area contributed by atoms with E-state index in [1.165, 1.54) is 12.8 Å². The fourth-order valence-electron chi connectivity index (χ4n) is 3.52. The van der Waals surface area contributed by atoms with E-state index in [4.69, 9.17) is 5.11 Å². The SMILES string of the molecule is CC1CCCC1C(=O)NCC1CCC(C(=O)O)CC1. The Morgan fingerprint density at radius 1 is 1.11 bits per heavy atom. The number of carbonyl (C=O) groups is 2. The lowest BCUT2D eigenvalue weighted by Crippen LogP contribution is -2.36. The van der Waals surface area contributed by atoms with Crippen LogP contribution in [0.5, 0.6) is 0 Å². The number of carboxylic acid groups (broad SMARTS) is 1. The van der Waals surface area contributed by atoms with Gasteiger partial charge in [-0.1, -0.05) is 13.3 Å². The lowest BCUT2D eigenvalue weighted by Gasteiger charge is -2.27. The van der Waals surface area contributed by atoms with Crippen molar-refractivity contribution in [3.63, 3.8) is 0 Å². The van der Waals surface area contributed by atoms with E-state index in [0.717, 1.165) is 38.6 Å². The van der Waals surface area contributed by atoms with Gasteiger partial charge < -0.3 is 10.4 Å². The van der Waals surface area contributed by atoms with Crippen molar-refractivity contribution in [2.24, 2.45) is 23.7 Å². The van der Waals surface area contributed by atoms with Crippen molar-refractivity contribution in [3.05, 3.63) is 0 Å². The molecule has 2 aliphatic carbocycles. The maximum absolute atomic E-state index is 12.1. The lowest BCUT2D eigenvalue weighted by molar-refractivity contribution is -0.143. The van der Waals surface area contributed by atoms with Gasteiger partial charge in [0.15, 0.2) is 0 Å². The van der Waals surface area contributed by atoms with E-state index in [1.807, 2.05) is 0 Å². The normalized spacial score (nSPS) is 35.0. The summed E-state index contributed by atoms with van der Waals surface area (Å²) in [6.45, 7) is 2.89. The summed E-state index contributed by atoms with van der Waals surface area (Å²) in [6, 6.07) is 0. The van der Waals surface area contributed by atoms with Gasteiger partial charge in [0.1, 0.15) is 0 Å². The van der Waals surface area contributed by atoms with E-state index in [-0.39, 0.29) is 17.7 Å². The standard InChI is InChI=1S/C15H25NO3/c1-10-3-2-4-13(10)14(17)16-9-11-5-7-12(8-6-11)15(18)19/h10-13H,2-9H2,1H3,(H,16,17)(H,18,19). The highest BCUT2D eigenvalue weighted by Gasteiger charge is 2.30. The molecule has 0 aromatic carbocycles. The lowest BCUT2D eigenvalue weighted by atomic mass is 9.82. The molecular weight excluding hydrogens is 242 g/mol. The maximum atomic E-state index is 12.1. The fraction of sp³-hybridized carbons (Fsp3) is 0.867. The Kier molecular flexibility index (Phi) is 4.83. The molecule has 0 saturated heterocycles. The summed E-state index contributed by atoms with van der Waals surface area (Å²) in [4.78, 5) is 22.9. The number of carbonyl (C=O) groups excluding carboxylic acids is 1. The Hall–Kier alpha value is -1.06. The maximum Gasteiger partial charge on any atom is 0.306 e. The molecule has 2 unspecified atom stereocenters. The second kappa shape index (κ2) is 6.40. The second-order valence-electron chi connectivity index (χ2n) is 6.32. The van der Waals surface area contributed by atoms with Crippen molar-refractivity contribution in [3.8, 4) is 0 Å². The summed E-state index contributed by atoms with van der Waals surface area (Å²) < 4.78 is 0. The van der Waals surface area contributed by atoms with Gasteiger partial charge in [-0.3, -0.25) is 9.59 Å².